The van der Waals surface area contributed by atoms with Crippen molar-refractivity contribution in [1.29, 1.82) is 0 Å². The van der Waals surface area contributed by atoms with Crippen LogP contribution in [0.1, 0.15) is 38.7 Å². The number of guanidine groups is 1. The number of nitrogens with zero attached hydrogens (tertiary/aromatic N) is 3. The number of aliphatic imine (C=N–C) groups is 1. The Morgan fingerprint density at radius 3 is 2.69 bits per heavy atom. The molecule has 26 heavy (non-hydrogen) atoms. The molecule has 0 saturated carbocycles. The van der Waals surface area contributed by atoms with Gasteiger partial charge in [-0.1, -0.05) is 19.1 Å². The fourth-order valence-corrected chi connectivity index (χ4v) is 3.07. The summed E-state index contributed by atoms with van der Waals surface area (Å²) in [5.74, 6) is 0.781. The minimum atomic E-state index is -0.374. The summed E-state index contributed by atoms with van der Waals surface area (Å²) in [6, 6.07) is 7.07. The molecule has 1 aliphatic heterocycles. The van der Waals surface area contributed by atoms with Crippen molar-refractivity contribution in [1.82, 2.24) is 15.5 Å². The molecule has 0 atom stereocenters. The molecule has 1 aromatic rings. The first-order valence-corrected chi connectivity index (χ1v) is 9.13. The number of non-ortho nitro benzene ring substituents is 1. The van der Waals surface area contributed by atoms with E-state index in [-0.39, 0.29) is 34.6 Å². The Morgan fingerprint density at radius 1 is 1.35 bits per heavy atom. The summed E-state index contributed by atoms with van der Waals surface area (Å²) >= 11 is 0. The Labute approximate surface area is 172 Å². The first-order valence-electron chi connectivity index (χ1n) is 9.13. The number of nitrogens with one attached hydrogen (secondary N) is 2. The first-order chi connectivity index (χ1) is 12.1. The third-order valence-electron chi connectivity index (χ3n) is 4.35. The second-order valence-corrected chi connectivity index (χ2v) is 6.38. The average Bonchev–Trinajstić information content (AvgIpc) is 2.62. The van der Waals surface area contributed by atoms with E-state index in [1.165, 1.54) is 19.0 Å². The number of benzene rings is 1. The standard InChI is InChI=1S/C18H29N5O2.HI/c1-3-10-22-11-8-16(9-12-22)21-18(19-4-2)20-14-15-6-5-7-17(13-15)23(24)25;/h5-7,13,16H,3-4,8-12,14H2,1-2H3,(H2,19,20,21);1H. The van der Waals surface area contributed by atoms with Gasteiger partial charge in [0.15, 0.2) is 5.96 Å². The molecule has 0 amide bonds. The van der Waals surface area contributed by atoms with E-state index in [9.17, 15) is 10.1 Å². The summed E-state index contributed by atoms with van der Waals surface area (Å²) < 4.78 is 0. The normalized spacial score (nSPS) is 16.0. The molecule has 1 aromatic carbocycles. The number of rotatable bonds is 7. The molecule has 8 heteroatoms. The molecule has 0 spiro atoms. The molecular formula is C18H30IN5O2. The van der Waals surface area contributed by atoms with Crippen LogP contribution in [0.4, 0.5) is 5.69 Å². The van der Waals surface area contributed by atoms with Crippen molar-refractivity contribution in [2.45, 2.75) is 45.7 Å². The Bertz CT molecular complexity index is 589. The Hall–Kier alpha value is -1.42. The Kier molecular flexibility index (Phi) is 10.5. The quantitative estimate of drug-likeness (QED) is 0.208. The molecule has 0 bridgehead atoms. The Morgan fingerprint density at radius 2 is 2.08 bits per heavy atom. The van der Waals surface area contributed by atoms with Crippen molar-refractivity contribution in [3.63, 3.8) is 0 Å². The third-order valence-corrected chi connectivity index (χ3v) is 4.35. The minimum absolute atomic E-state index is 0. The van der Waals surface area contributed by atoms with Crippen molar-refractivity contribution in [3.8, 4) is 0 Å². The monoisotopic (exact) mass is 475 g/mol. The van der Waals surface area contributed by atoms with E-state index in [0.29, 0.717) is 12.6 Å². The fraction of sp³-hybridized carbons (Fsp3) is 0.611. The molecule has 146 valence electrons. The summed E-state index contributed by atoms with van der Waals surface area (Å²) in [5.41, 5.74) is 0.943. The van der Waals surface area contributed by atoms with Crippen LogP contribution in [0.3, 0.4) is 0 Å². The van der Waals surface area contributed by atoms with E-state index in [4.69, 9.17) is 0 Å². The van der Waals surface area contributed by atoms with E-state index < -0.39 is 0 Å². The number of likely N-dealkylation sites (tertiary alicyclic amines) is 1. The molecular weight excluding hydrogens is 445 g/mol. The van der Waals surface area contributed by atoms with Crippen molar-refractivity contribution < 1.29 is 4.92 Å². The number of piperidine rings is 1. The highest BCUT2D eigenvalue weighted by atomic mass is 127. The van der Waals surface area contributed by atoms with Crippen LogP contribution in [-0.2, 0) is 6.54 Å². The second-order valence-electron chi connectivity index (χ2n) is 6.38. The van der Waals surface area contributed by atoms with Crippen molar-refractivity contribution >= 4 is 35.6 Å². The molecule has 2 N–H and O–H groups in total. The minimum Gasteiger partial charge on any atom is -0.357 e. The van der Waals surface area contributed by atoms with E-state index in [1.807, 2.05) is 13.0 Å². The lowest BCUT2D eigenvalue weighted by molar-refractivity contribution is -0.384. The summed E-state index contributed by atoms with van der Waals surface area (Å²) in [6.45, 7) is 8.88. The van der Waals surface area contributed by atoms with E-state index in [2.05, 4.69) is 27.4 Å². The molecule has 1 fully saturated rings. The van der Waals surface area contributed by atoms with Gasteiger partial charge < -0.3 is 15.5 Å². The Balaban J connectivity index is 0.00000338. The highest BCUT2D eigenvalue weighted by Gasteiger charge is 2.19. The van der Waals surface area contributed by atoms with Gasteiger partial charge in [0.2, 0.25) is 0 Å². The maximum absolute atomic E-state index is 10.9. The summed E-state index contributed by atoms with van der Waals surface area (Å²) in [6.07, 6.45) is 3.42. The molecule has 0 unspecified atom stereocenters. The number of hydrogen-bond acceptors (Lipinski definition) is 4. The van der Waals surface area contributed by atoms with Gasteiger partial charge in [-0.15, -0.1) is 24.0 Å². The maximum atomic E-state index is 10.9. The molecule has 2 rings (SSSR count). The molecule has 1 aliphatic rings. The van der Waals surface area contributed by atoms with Gasteiger partial charge in [-0.25, -0.2) is 4.99 Å². The van der Waals surface area contributed by atoms with Gasteiger partial charge in [0, 0.05) is 37.8 Å². The highest BCUT2D eigenvalue weighted by molar-refractivity contribution is 14.0. The van der Waals surface area contributed by atoms with Crippen molar-refractivity contribution in [2.75, 3.05) is 26.2 Å². The maximum Gasteiger partial charge on any atom is 0.269 e. The molecule has 7 nitrogen and oxygen atoms in total. The molecule has 0 aromatic heterocycles. The van der Waals surface area contributed by atoms with Crippen LogP contribution in [0, 0.1) is 10.1 Å². The predicted molar refractivity (Wildman–Crippen MR) is 116 cm³/mol. The van der Waals surface area contributed by atoms with Gasteiger partial charge in [-0.2, -0.15) is 0 Å². The van der Waals surface area contributed by atoms with Crippen LogP contribution in [0.5, 0.6) is 0 Å². The lowest BCUT2D eigenvalue weighted by Gasteiger charge is -2.32. The van der Waals surface area contributed by atoms with Crippen LogP contribution in [0.15, 0.2) is 29.3 Å². The summed E-state index contributed by atoms with van der Waals surface area (Å²) in [5, 5.41) is 17.6. The molecule has 1 saturated heterocycles. The lowest BCUT2D eigenvalue weighted by Crippen LogP contribution is -2.48. The molecule has 0 radical (unpaired) electrons. The zero-order chi connectivity index (χ0) is 18.1. The van der Waals surface area contributed by atoms with E-state index >= 15 is 0 Å². The van der Waals surface area contributed by atoms with Gasteiger partial charge in [0.05, 0.1) is 11.5 Å². The van der Waals surface area contributed by atoms with Crippen LogP contribution in [0.2, 0.25) is 0 Å². The lowest BCUT2D eigenvalue weighted by atomic mass is 10.1. The van der Waals surface area contributed by atoms with Crippen LogP contribution in [-0.4, -0.2) is 48.0 Å². The molecule has 0 aliphatic carbocycles. The van der Waals surface area contributed by atoms with Gasteiger partial charge in [-0.3, -0.25) is 10.1 Å². The van der Waals surface area contributed by atoms with Crippen molar-refractivity contribution in [2.24, 2.45) is 4.99 Å². The van der Waals surface area contributed by atoms with Gasteiger partial charge >= 0.3 is 0 Å². The average molecular weight is 475 g/mol. The topological polar surface area (TPSA) is 82.8 Å². The predicted octanol–water partition coefficient (Wildman–Crippen LogP) is 3.14. The summed E-state index contributed by atoms with van der Waals surface area (Å²) in [4.78, 5) is 17.6. The first kappa shape index (κ1) is 22.6. The zero-order valence-electron chi connectivity index (χ0n) is 15.6. The zero-order valence-corrected chi connectivity index (χ0v) is 17.9. The largest absolute Gasteiger partial charge is 0.357 e. The van der Waals surface area contributed by atoms with Gasteiger partial charge in [-0.05, 0) is 38.3 Å². The van der Waals surface area contributed by atoms with Crippen molar-refractivity contribution in [3.05, 3.63) is 39.9 Å². The van der Waals surface area contributed by atoms with E-state index in [0.717, 1.165) is 44.0 Å². The second kappa shape index (κ2) is 12.1. The number of halogens is 1. The number of nitro benzene ring substituents is 1. The van der Waals surface area contributed by atoms with Crippen LogP contribution < -0.4 is 10.6 Å². The smallest absolute Gasteiger partial charge is 0.269 e. The van der Waals surface area contributed by atoms with Gasteiger partial charge in [0.1, 0.15) is 0 Å². The molecule has 1 heterocycles. The number of hydrogen-bond donors (Lipinski definition) is 2. The highest BCUT2D eigenvalue weighted by Crippen LogP contribution is 2.14. The third kappa shape index (κ3) is 7.45. The summed E-state index contributed by atoms with van der Waals surface area (Å²) in [7, 11) is 0. The fourth-order valence-electron chi connectivity index (χ4n) is 3.07. The van der Waals surface area contributed by atoms with Crippen LogP contribution in [0.25, 0.3) is 0 Å². The van der Waals surface area contributed by atoms with Gasteiger partial charge in [0.25, 0.3) is 5.69 Å². The SMILES string of the molecule is CCCN1CCC(NC(=NCc2cccc([N+](=O)[O-])c2)NCC)CC1.I. The van der Waals surface area contributed by atoms with Crippen LogP contribution >= 0.6 is 24.0 Å². The number of nitro groups is 1. The van der Waals surface area contributed by atoms with E-state index in [1.54, 1.807) is 12.1 Å².